The molecule has 0 aliphatic carbocycles. The number of thiazole rings is 1. The summed E-state index contributed by atoms with van der Waals surface area (Å²) in [4.78, 5) is 9.11. The lowest BCUT2D eigenvalue weighted by Crippen LogP contribution is -2.35. The molecule has 2 aromatic heterocycles. The topological polar surface area (TPSA) is 49.3 Å². The van der Waals surface area contributed by atoms with Crippen molar-refractivity contribution in [2.45, 2.75) is 6.42 Å². The van der Waals surface area contributed by atoms with Crippen molar-refractivity contribution in [2.24, 2.45) is 4.99 Å². The molecular weight excluding hydrogens is 300 g/mol. The number of hydrogen-bond acceptors (Lipinski definition) is 6. The van der Waals surface area contributed by atoms with Crippen molar-refractivity contribution < 1.29 is 0 Å². The quantitative estimate of drug-likeness (QED) is 0.756. The van der Waals surface area contributed by atoms with E-state index < -0.39 is 0 Å². The van der Waals surface area contributed by atoms with Gasteiger partial charge in [-0.15, -0.1) is 22.7 Å². The Balaban J connectivity index is 1.65. The Kier molecular flexibility index (Phi) is 3.33. The molecule has 21 heavy (non-hydrogen) atoms. The molecule has 0 saturated heterocycles. The van der Waals surface area contributed by atoms with Gasteiger partial charge in [-0.05, 0) is 23.9 Å². The van der Waals surface area contributed by atoms with Crippen molar-refractivity contribution >= 4 is 43.9 Å². The van der Waals surface area contributed by atoms with E-state index >= 15 is 0 Å². The average Bonchev–Trinajstić information content (AvgIpc) is 3.16. The molecule has 1 aliphatic heterocycles. The standard InChI is InChI=1S/C15H14N4S2/c1-3-10(11-5-8-20-13(11)4-1)12-9-21-15(18-12)19-14-16-6-2-7-17-14/h1,3-5,8-9H,2,6-7H2,(H2,16,17,18,19). The third-order valence-corrected chi connectivity index (χ3v) is 5.04. The summed E-state index contributed by atoms with van der Waals surface area (Å²) in [5.41, 5.74) is 2.21. The van der Waals surface area contributed by atoms with Gasteiger partial charge in [0.15, 0.2) is 11.1 Å². The highest BCUT2D eigenvalue weighted by atomic mass is 32.1. The molecule has 1 aliphatic rings. The summed E-state index contributed by atoms with van der Waals surface area (Å²) in [6.07, 6.45) is 1.09. The van der Waals surface area contributed by atoms with Crippen LogP contribution in [0.5, 0.6) is 0 Å². The minimum atomic E-state index is 0.830. The summed E-state index contributed by atoms with van der Waals surface area (Å²) >= 11 is 3.37. The molecule has 0 atom stereocenters. The Bertz CT molecular complexity index is 803. The first kappa shape index (κ1) is 12.8. The first-order chi connectivity index (χ1) is 10.4. The van der Waals surface area contributed by atoms with Crippen LogP contribution in [0.25, 0.3) is 21.3 Å². The maximum absolute atomic E-state index is 4.70. The number of hydrogen-bond donors (Lipinski definition) is 2. The highest BCUT2D eigenvalue weighted by molar-refractivity contribution is 7.17. The van der Waals surface area contributed by atoms with Crippen LogP contribution in [0.1, 0.15) is 6.42 Å². The normalized spacial score (nSPS) is 14.8. The molecule has 3 aromatic rings. The number of thiophene rings is 1. The number of anilines is 1. The lowest BCUT2D eigenvalue weighted by Gasteiger charge is -2.14. The lowest BCUT2D eigenvalue weighted by molar-refractivity contribution is 0.740. The zero-order valence-corrected chi connectivity index (χ0v) is 12.9. The molecule has 3 heterocycles. The minimum Gasteiger partial charge on any atom is -0.356 e. The van der Waals surface area contributed by atoms with Crippen LogP contribution >= 0.6 is 22.7 Å². The number of guanidine groups is 1. The second-order valence-electron chi connectivity index (χ2n) is 4.81. The van der Waals surface area contributed by atoms with Crippen molar-refractivity contribution in [3.63, 3.8) is 0 Å². The summed E-state index contributed by atoms with van der Waals surface area (Å²) in [7, 11) is 0. The van der Waals surface area contributed by atoms with E-state index in [0.717, 1.165) is 36.3 Å². The number of benzene rings is 1. The molecule has 0 bridgehead atoms. The molecule has 4 rings (SSSR count). The van der Waals surface area contributed by atoms with Crippen molar-refractivity contribution in [3.05, 3.63) is 35.0 Å². The van der Waals surface area contributed by atoms with Crippen LogP contribution in [-0.4, -0.2) is 24.0 Å². The Hall–Kier alpha value is -1.92. The zero-order valence-electron chi connectivity index (χ0n) is 11.3. The van der Waals surface area contributed by atoms with E-state index in [1.54, 1.807) is 22.7 Å². The van der Waals surface area contributed by atoms with Gasteiger partial charge in [0.2, 0.25) is 0 Å². The SMILES string of the molecule is c1cc(-c2csc(NC3=NCCCN3)n2)c2ccsc2c1. The molecule has 0 saturated carbocycles. The first-order valence-corrected chi connectivity index (χ1v) is 8.63. The molecule has 0 amide bonds. The smallest absolute Gasteiger partial charge is 0.197 e. The Morgan fingerprint density at radius 1 is 1.19 bits per heavy atom. The van der Waals surface area contributed by atoms with Crippen LogP contribution in [0, 0.1) is 0 Å². The fourth-order valence-corrected chi connectivity index (χ4v) is 3.91. The molecule has 6 heteroatoms. The summed E-state index contributed by atoms with van der Waals surface area (Å²) in [6, 6.07) is 8.53. The summed E-state index contributed by atoms with van der Waals surface area (Å²) in [5.74, 6) is 0.830. The van der Waals surface area contributed by atoms with Crippen LogP contribution in [0.2, 0.25) is 0 Å². The van der Waals surface area contributed by atoms with Gasteiger partial charge >= 0.3 is 0 Å². The fourth-order valence-electron chi connectivity index (χ4n) is 2.39. The van der Waals surface area contributed by atoms with E-state index in [1.165, 1.54) is 15.6 Å². The summed E-state index contributed by atoms with van der Waals surface area (Å²) < 4.78 is 1.30. The maximum atomic E-state index is 4.70. The van der Waals surface area contributed by atoms with Crippen molar-refractivity contribution in [3.8, 4) is 11.3 Å². The van der Waals surface area contributed by atoms with Crippen LogP contribution in [0.4, 0.5) is 5.13 Å². The third-order valence-electron chi connectivity index (χ3n) is 3.40. The lowest BCUT2D eigenvalue weighted by atomic mass is 10.1. The molecule has 0 spiro atoms. The maximum Gasteiger partial charge on any atom is 0.197 e. The van der Waals surface area contributed by atoms with E-state index in [2.05, 4.69) is 50.7 Å². The highest BCUT2D eigenvalue weighted by Crippen LogP contribution is 2.33. The first-order valence-electron chi connectivity index (χ1n) is 6.87. The van der Waals surface area contributed by atoms with Gasteiger partial charge in [0.05, 0.1) is 5.69 Å². The van der Waals surface area contributed by atoms with E-state index in [1.807, 2.05) is 0 Å². The average molecular weight is 314 g/mol. The van der Waals surface area contributed by atoms with Gasteiger partial charge in [-0.3, -0.25) is 4.99 Å². The molecular formula is C15H14N4S2. The molecule has 4 nitrogen and oxygen atoms in total. The van der Waals surface area contributed by atoms with Gasteiger partial charge in [0.25, 0.3) is 0 Å². The van der Waals surface area contributed by atoms with Gasteiger partial charge in [0, 0.05) is 34.1 Å². The number of aliphatic imine (C=N–C) groups is 1. The van der Waals surface area contributed by atoms with Crippen LogP contribution in [-0.2, 0) is 0 Å². The van der Waals surface area contributed by atoms with Crippen molar-refractivity contribution in [1.82, 2.24) is 10.3 Å². The number of rotatable bonds is 2. The number of nitrogens with zero attached hydrogens (tertiary/aromatic N) is 2. The van der Waals surface area contributed by atoms with Crippen LogP contribution < -0.4 is 10.6 Å². The third kappa shape index (κ3) is 2.52. The van der Waals surface area contributed by atoms with E-state index in [9.17, 15) is 0 Å². The van der Waals surface area contributed by atoms with E-state index in [0.29, 0.717) is 0 Å². The predicted molar refractivity (Wildman–Crippen MR) is 91.5 cm³/mol. The predicted octanol–water partition coefficient (Wildman–Crippen LogP) is 3.79. The van der Waals surface area contributed by atoms with Gasteiger partial charge < -0.3 is 10.6 Å². The Labute approximate surface area is 130 Å². The molecule has 0 radical (unpaired) electrons. The van der Waals surface area contributed by atoms with Gasteiger partial charge in [-0.2, -0.15) is 0 Å². The summed E-state index contributed by atoms with van der Waals surface area (Å²) in [5, 5.41) is 12.9. The second-order valence-corrected chi connectivity index (χ2v) is 6.62. The number of aromatic nitrogens is 1. The molecule has 0 unspecified atom stereocenters. The van der Waals surface area contributed by atoms with Gasteiger partial charge in [-0.1, -0.05) is 12.1 Å². The Morgan fingerprint density at radius 3 is 3.10 bits per heavy atom. The molecule has 2 N–H and O–H groups in total. The number of fused-ring (bicyclic) bond motifs is 1. The minimum absolute atomic E-state index is 0.830. The summed E-state index contributed by atoms with van der Waals surface area (Å²) in [6.45, 7) is 1.85. The molecule has 106 valence electrons. The fraction of sp³-hybridized carbons (Fsp3) is 0.200. The van der Waals surface area contributed by atoms with Crippen molar-refractivity contribution in [2.75, 3.05) is 18.4 Å². The van der Waals surface area contributed by atoms with Crippen molar-refractivity contribution in [1.29, 1.82) is 0 Å². The van der Waals surface area contributed by atoms with Crippen LogP contribution in [0.15, 0.2) is 40.0 Å². The second kappa shape index (κ2) is 5.46. The molecule has 1 aromatic carbocycles. The molecule has 0 fully saturated rings. The zero-order chi connectivity index (χ0) is 14.1. The largest absolute Gasteiger partial charge is 0.356 e. The number of nitrogens with one attached hydrogen (secondary N) is 2. The van der Waals surface area contributed by atoms with Gasteiger partial charge in [-0.25, -0.2) is 4.98 Å². The monoisotopic (exact) mass is 314 g/mol. The van der Waals surface area contributed by atoms with E-state index in [-0.39, 0.29) is 0 Å². The van der Waals surface area contributed by atoms with Crippen LogP contribution in [0.3, 0.4) is 0 Å². The Morgan fingerprint density at radius 2 is 2.19 bits per heavy atom. The highest BCUT2D eigenvalue weighted by Gasteiger charge is 2.11. The van der Waals surface area contributed by atoms with E-state index in [4.69, 9.17) is 4.98 Å². The van der Waals surface area contributed by atoms with Gasteiger partial charge in [0.1, 0.15) is 0 Å².